The van der Waals surface area contributed by atoms with Crippen LogP contribution in [0.2, 0.25) is 0 Å². The molecule has 0 bridgehead atoms. The Balaban J connectivity index is 1.51. The fraction of sp³-hybridized carbons (Fsp3) is 0.0476. The van der Waals surface area contributed by atoms with E-state index in [0.717, 1.165) is 4.68 Å². The Kier molecular flexibility index (Phi) is 4.92. The molecule has 0 aliphatic heterocycles. The van der Waals surface area contributed by atoms with Gasteiger partial charge in [0.05, 0.1) is 11.4 Å². The lowest BCUT2D eigenvalue weighted by atomic mass is 10.3. The minimum atomic E-state index is -0.581. The highest BCUT2D eigenvalue weighted by atomic mass is 32.1. The molecule has 0 saturated heterocycles. The van der Waals surface area contributed by atoms with Crippen molar-refractivity contribution in [3.63, 3.8) is 0 Å². The van der Waals surface area contributed by atoms with Gasteiger partial charge in [-0.25, -0.2) is 14.5 Å². The molecule has 0 saturated carbocycles. The van der Waals surface area contributed by atoms with Crippen molar-refractivity contribution in [2.45, 2.75) is 6.92 Å². The second kappa shape index (κ2) is 8.04. The molecule has 32 heavy (non-hydrogen) atoms. The van der Waals surface area contributed by atoms with Crippen LogP contribution in [0.1, 0.15) is 5.69 Å². The summed E-state index contributed by atoms with van der Waals surface area (Å²) in [6.45, 7) is 1.68. The second-order valence-corrected chi connectivity index (χ2v) is 7.54. The SMILES string of the molecule is Cc1nn(-c2nc(-c3c(=O)o[nH][n+]3-c3ccccc3)cs2)c([O-])c1N=Nc1ccccc1. The number of aryl methyl sites for hydroxylation is 1. The van der Waals surface area contributed by atoms with Crippen molar-refractivity contribution in [1.29, 1.82) is 0 Å². The monoisotopic (exact) mass is 445 g/mol. The molecule has 0 unspecified atom stereocenters. The number of nitrogens with zero attached hydrogens (tertiary/aromatic N) is 6. The molecule has 0 amide bonds. The average molecular weight is 445 g/mol. The van der Waals surface area contributed by atoms with E-state index in [1.807, 2.05) is 48.5 Å². The van der Waals surface area contributed by atoms with Gasteiger partial charge in [-0.1, -0.05) is 36.4 Å². The first-order valence-corrected chi connectivity index (χ1v) is 10.4. The summed E-state index contributed by atoms with van der Waals surface area (Å²) in [6, 6.07) is 18.3. The minimum Gasteiger partial charge on any atom is -0.857 e. The number of H-pyrrole nitrogens is 1. The first-order chi connectivity index (χ1) is 15.6. The molecular weight excluding hydrogens is 430 g/mol. The molecule has 0 aliphatic rings. The van der Waals surface area contributed by atoms with Crippen molar-refractivity contribution in [1.82, 2.24) is 20.0 Å². The average Bonchev–Trinajstić information content (AvgIpc) is 3.51. The molecule has 0 spiro atoms. The predicted octanol–water partition coefficient (Wildman–Crippen LogP) is 3.35. The number of aromatic nitrogens is 5. The van der Waals surface area contributed by atoms with E-state index < -0.39 is 11.5 Å². The normalized spacial score (nSPS) is 11.4. The van der Waals surface area contributed by atoms with E-state index in [2.05, 4.69) is 25.6 Å². The summed E-state index contributed by atoms with van der Waals surface area (Å²) in [5, 5.41) is 29.9. The van der Waals surface area contributed by atoms with E-state index in [1.165, 1.54) is 16.0 Å². The zero-order valence-corrected chi connectivity index (χ0v) is 17.5. The Bertz CT molecular complexity index is 1470. The molecule has 3 aromatic heterocycles. The first kappa shape index (κ1) is 19.6. The van der Waals surface area contributed by atoms with Crippen molar-refractivity contribution >= 4 is 22.7 Å². The van der Waals surface area contributed by atoms with Crippen LogP contribution in [0.3, 0.4) is 0 Å². The van der Waals surface area contributed by atoms with Gasteiger partial charge in [0.2, 0.25) is 10.8 Å². The molecule has 3 heterocycles. The summed E-state index contributed by atoms with van der Waals surface area (Å²) < 4.78 is 7.63. The number of rotatable bonds is 5. The fourth-order valence-corrected chi connectivity index (χ4v) is 3.82. The van der Waals surface area contributed by atoms with Crippen LogP contribution < -0.4 is 15.4 Å². The summed E-state index contributed by atoms with van der Waals surface area (Å²) in [5.41, 5.74) is 1.86. The van der Waals surface area contributed by atoms with Gasteiger partial charge in [0.25, 0.3) is 0 Å². The van der Waals surface area contributed by atoms with Gasteiger partial charge in [0.15, 0.2) is 5.69 Å². The summed E-state index contributed by atoms with van der Waals surface area (Å²) in [7, 11) is 0. The van der Waals surface area contributed by atoms with Crippen molar-refractivity contribution in [2.75, 3.05) is 0 Å². The van der Waals surface area contributed by atoms with E-state index in [9.17, 15) is 9.90 Å². The van der Waals surface area contributed by atoms with Crippen LogP contribution in [0.15, 0.2) is 85.6 Å². The number of hydrogen-bond donors (Lipinski definition) is 1. The maximum Gasteiger partial charge on any atom is 0.437 e. The Morgan fingerprint density at radius 2 is 1.81 bits per heavy atom. The highest BCUT2D eigenvalue weighted by Crippen LogP contribution is 2.33. The molecular formula is C21H15N7O3S. The van der Waals surface area contributed by atoms with E-state index >= 15 is 0 Å². The smallest absolute Gasteiger partial charge is 0.437 e. The van der Waals surface area contributed by atoms with Gasteiger partial charge >= 0.3 is 11.3 Å². The predicted molar refractivity (Wildman–Crippen MR) is 114 cm³/mol. The van der Waals surface area contributed by atoms with Gasteiger partial charge < -0.3 is 5.11 Å². The van der Waals surface area contributed by atoms with Gasteiger partial charge in [0, 0.05) is 23.4 Å². The molecule has 5 rings (SSSR count). The maximum absolute atomic E-state index is 12.9. The Labute approximate surface area is 184 Å². The first-order valence-electron chi connectivity index (χ1n) is 9.50. The van der Waals surface area contributed by atoms with Crippen molar-refractivity contribution in [3.05, 3.63) is 82.2 Å². The Hall–Kier alpha value is -4.38. The molecule has 0 aliphatic carbocycles. The molecule has 5 aromatic rings. The van der Waals surface area contributed by atoms with Crippen molar-refractivity contribution in [2.24, 2.45) is 10.2 Å². The summed E-state index contributed by atoms with van der Waals surface area (Å²) in [6.07, 6.45) is 0. The summed E-state index contributed by atoms with van der Waals surface area (Å²) >= 11 is 1.17. The number of azo groups is 1. The quantitative estimate of drug-likeness (QED) is 0.328. The zero-order valence-electron chi connectivity index (χ0n) is 16.7. The van der Waals surface area contributed by atoms with E-state index in [-0.39, 0.29) is 11.4 Å². The number of aromatic amines is 1. The van der Waals surface area contributed by atoms with Crippen LogP contribution in [-0.2, 0) is 0 Å². The number of para-hydroxylation sites is 1. The van der Waals surface area contributed by atoms with Crippen LogP contribution in [0.4, 0.5) is 11.4 Å². The molecule has 158 valence electrons. The Morgan fingerprint density at radius 1 is 1.09 bits per heavy atom. The summed E-state index contributed by atoms with van der Waals surface area (Å²) in [5.74, 6) is -0.444. The zero-order chi connectivity index (χ0) is 22.1. The van der Waals surface area contributed by atoms with E-state index in [1.54, 1.807) is 24.4 Å². The molecule has 0 atom stereocenters. The van der Waals surface area contributed by atoms with Crippen molar-refractivity contribution < 1.29 is 14.3 Å². The Morgan fingerprint density at radius 3 is 2.56 bits per heavy atom. The topological polar surface area (TPSA) is 128 Å². The molecule has 0 radical (unpaired) electrons. The maximum atomic E-state index is 12.9. The lowest BCUT2D eigenvalue weighted by Crippen LogP contribution is -2.36. The molecule has 1 N–H and O–H groups in total. The number of hydrogen-bond acceptors (Lipinski definition) is 8. The van der Waals surface area contributed by atoms with Crippen LogP contribution in [0.25, 0.3) is 22.2 Å². The largest absolute Gasteiger partial charge is 0.857 e. The van der Waals surface area contributed by atoms with Gasteiger partial charge in [-0.2, -0.15) is 10.2 Å². The molecule has 11 heteroatoms. The summed E-state index contributed by atoms with van der Waals surface area (Å²) in [4.78, 5) is 16.8. The third kappa shape index (κ3) is 3.50. The lowest BCUT2D eigenvalue weighted by molar-refractivity contribution is -0.660. The molecule has 0 fully saturated rings. The standard InChI is InChI=1S/C21H15N7O3S/c1-13-17(24-23-14-8-4-2-5-9-14)19(29)28(25-13)21-22-16(12-32-21)18-20(30)31-26-27(18)15-10-6-3-7-11-15/h2-12H,1H3,(H-,23,25,26,29,30). The second-order valence-electron chi connectivity index (χ2n) is 6.70. The van der Waals surface area contributed by atoms with Gasteiger partial charge in [0.1, 0.15) is 5.69 Å². The minimum absolute atomic E-state index is 0.131. The van der Waals surface area contributed by atoms with Gasteiger partial charge in [-0.05, 0) is 29.0 Å². The van der Waals surface area contributed by atoms with Crippen LogP contribution >= 0.6 is 11.3 Å². The number of thiazole rings is 1. The lowest BCUT2D eigenvalue weighted by Gasteiger charge is -2.07. The van der Waals surface area contributed by atoms with E-state index in [0.29, 0.717) is 27.9 Å². The number of benzene rings is 2. The highest BCUT2D eigenvalue weighted by Gasteiger charge is 2.28. The highest BCUT2D eigenvalue weighted by molar-refractivity contribution is 7.12. The van der Waals surface area contributed by atoms with Crippen LogP contribution in [0, 0.1) is 6.92 Å². The van der Waals surface area contributed by atoms with E-state index in [4.69, 9.17) is 4.52 Å². The van der Waals surface area contributed by atoms with Crippen molar-refractivity contribution in [3.8, 4) is 28.1 Å². The fourth-order valence-electron chi connectivity index (χ4n) is 3.07. The van der Waals surface area contributed by atoms with Gasteiger partial charge in [-0.15, -0.1) is 16.5 Å². The third-order valence-electron chi connectivity index (χ3n) is 4.59. The van der Waals surface area contributed by atoms with Crippen LogP contribution in [0.5, 0.6) is 5.88 Å². The third-order valence-corrected chi connectivity index (χ3v) is 5.40. The van der Waals surface area contributed by atoms with Gasteiger partial charge in [-0.3, -0.25) is 4.52 Å². The van der Waals surface area contributed by atoms with Crippen LogP contribution in [-0.4, -0.2) is 20.0 Å². The molecule has 2 aromatic carbocycles. The molecule has 10 nitrogen and oxygen atoms in total. The number of nitrogens with one attached hydrogen (secondary N) is 1.